The third-order valence-corrected chi connectivity index (χ3v) is 4.10. The van der Waals surface area contributed by atoms with E-state index in [1.54, 1.807) is 36.4 Å². The van der Waals surface area contributed by atoms with Gasteiger partial charge in [0.15, 0.2) is 5.69 Å². The zero-order chi connectivity index (χ0) is 19.7. The van der Waals surface area contributed by atoms with Crippen LogP contribution in [-0.2, 0) is 0 Å². The Hall–Kier alpha value is -4.27. The Labute approximate surface area is 157 Å². The lowest BCUT2D eigenvalue weighted by Gasteiger charge is -2.03. The van der Waals surface area contributed by atoms with E-state index in [1.807, 2.05) is 0 Å². The lowest BCUT2D eigenvalue weighted by molar-refractivity contribution is -0.255. The SMILES string of the molecule is O=C([O-])c1cccc(-c2cc(C(=O)N=Nc3c(O)[nH]c4ccccc34)[nH]n2)c1. The number of hydrogen-bond acceptors (Lipinski definition) is 6. The molecule has 0 aliphatic rings. The molecule has 1 amide bonds. The van der Waals surface area contributed by atoms with Crippen LogP contribution in [0.3, 0.4) is 0 Å². The number of azo groups is 1. The Morgan fingerprint density at radius 3 is 2.71 bits per heavy atom. The standard InChI is InChI=1S/C19H13N5O4/c25-17(24-23-16-12-6-1-2-7-13(12)20-18(16)26)15-9-14(21-22-15)10-4-3-5-11(8-10)19(27)28/h1-9,20,26H,(H,21,22)(H,27,28)/p-1. The number of fused-ring (bicyclic) bond motifs is 1. The molecule has 138 valence electrons. The first-order chi connectivity index (χ1) is 13.5. The summed E-state index contributed by atoms with van der Waals surface area (Å²) in [4.78, 5) is 26.0. The van der Waals surface area contributed by atoms with E-state index in [0.29, 0.717) is 22.2 Å². The van der Waals surface area contributed by atoms with Gasteiger partial charge in [0.05, 0.1) is 17.2 Å². The quantitative estimate of drug-likeness (QED) is 0.470. The number of nitrogens with zero attached hydrogens (tertiary/aromatic N) is 3. The lowest BCUT2D eigenvalue weighted by atomic mass is 10.1. The number of aromatic amines is 2. The van der Waals surface area contributed by atoms with Crippen LogP contribution in [0.15, 0.2) is 64.8 Å². The number of carbonyl (C=O) groups excluding carboxylic acids is 2. The maximum Gasteiger partial charge on any atom is 0.313 e. The van der Waals surface area contributed by atoms with Crippen molar-refractivity contribution in [1.82, 2.24) is 15.2 Å². The molecule has 0 bridgehead atoms. The number of aromatic carboxylic acids is 1. The van der Waals surface area contributed by atoms with Crippen molar-refractivity contribution in [2.75, 3.05) is 0 Å². The number of carboxylic acids is 1. The van der Waals surface area contributed by atoms with Crippen LogP contribution in [0.2, 0.25) is 0 Å². The van der Waals surface area contributed by atoms with Crippen LogP contribution >= 0.6 is 0 Å². The fourth-order valence-electron chi connectivity index (χ4n) is 2.75. The number of H-pyrrole nitrogens is 2. The van der Waals surface area contributed by atoms with E-state index in [2.05, 4.69) is 25.4 Å². The number of para-hydroxylation sites is 1. The van der Waals surface area contributed by atoms with Crippen molar-refractivity contribution < 1.29 is 19.8 Å². The fraction of sp³-hybridized carbons (Fsp3) is 0. The second kappa shape index (κ2) is 6.80. The lowest BCUT2D eigenvalue weighted by Crippen LogP contribution is -2.22. The molecule has 2 aromatic carbocycles. The second-order valence-corrected chi connectivity index (χ2v) is 5.91. The molecule has 0 saturated heterocycles. The molecule has 0 unspecified atom stereocenters. The highest BCUT2D eigenvalue weighted by molar-refractivity contribution is 5.96. The Morgan fingerprint density at radius 1 is 1.07 bits per heavy atom. The summed E-state index contributed by atoms with van der Waals surface area (Å²) in [6.07, 6.45) is 0. The Kier molecular flexibility index (Phi) is 4.17. The van der Waals surface area contributed by atoms with Crippen molar-refractivity contribution in [2.45, 2.75) is 0 Å². The highest BCUT2D eigenvalue weighted by Gasteiger charge is 2.13. The highest BCUT2D eigenvalue weighted by atomic mass is 16.4. The van der Waals surface area contributed by atoms with Crippen LogP contribution in [-0.4, -0.2) is 32.2 Å². The number of carboxylic acid groups (broad SMARTS) is 1. The summed E-state index contributed by atoms with van der Waals surface area (Å²) >= 11 is 0. The Balaban J connectivity index is 1.59. The van der Waals surface area contributed by atoms with E-state index in [1.165, 1.54) is 18.2 Å². The second-order valence-electron chi connectivity index (χ2n) is 5.91. The molecule has 2 aromatic heterocycles. The van der Waals surface area contributed by atoms with E-state index < -0.39 is 11.9 Å². The Bertz CT molecular complexity index is 1240. The van der Waals surface area contributed by atoms with Crippen LogP contribution in [0.5, 0.6) is 5.88 Å². The number of carbonyl (C=O) groups is 2. The molecule has 0 fully saturated rings. The number of amides is 1. The number of hydrogen-bond donors (Lipinski definition) is 3. The normalized spacial score (nSPS) is 11.3. The number of aromatic nitrogens is 3. The maximum absolute atomic E-state index is 12.3. The van der Waals surface area contributed by atoms with Crippen molar-refractivity contribution >= 4 is 28.5 Å². The van der Waals surface area contributed by atoms with Gasteiger partial charge in [-0.25, -0.2) is 0 Å². The van der Waals surface area contributed by atoms with Gasteiger partial charge in [-0.2, -0.15) is 5.10 Å². The largest absolute Gasteiger partial charge is 0.545 e. The summed E-state index contributed by atoms with van der Waals surface area (Å²) in [6.45, 7) is 0. The van der Waals surface area contributed by atoms with Gasteiger partial charge in [0.25, 0.3) is 0 Å². The van der Waals surface area contributed by atoms with Crippen molar-refractivity contribution in [3.05, 3.63) is 65.9 Å². The minimum atomic E-state index is -1.30. The number of aromatic hydroxyl groups is 1. The molecule has 4 rings (SSSR count). The molecule has 9 nitrogen and oxygen atoms in total. The van der Waals surface area contributed by atoms with E-state index >= 15 is 0 Å². The van der Waals surface area contributed by atoms with Crippen LogP contribution in [0.1, 0.15) is 20.8 Å². The highest BCUT2D eigenvalue weighted by Crippen LogP contribution is 2.35. The fourth-order valence-corrected chi connectivity index (χ4v) is 2.75. The predicted octanol–water partition coefficient (Wildman–Crippen LogP) is 2.55. The monoisotopic (exact) mass is 374 g/mol. The summed E-state index contributed by atoms with van der Waals surface area (Å²) < 4.78 is 0. The Morgan fingerprint density at radius 2 is 1.89 bits per heavy atom. The maximum atomic E-state index is 12.3. The average molecular weight is 374 g/mol. The van der Waals surface area contributed by atoms with Crippen LogP contribution in [0.4, 0.5) is 5.69 Å². The first kappa shape index (κ1) is 17.2. The molecule has 2 heterocycles. The van der Waals surface area contributed by atoms with Gasteiger partial charge >= 0.3 is 5.91 Å². The number of benzene rings is 2. The number of nitrogens with one attached hydrogen (secondary N) is 2. The van der Waals surface area contributed by atoms with E-state index in [-0.39, 0.29) is 22.8 Å². The van der Waals surface area contributed by atoms with Crippen molar-refractivity contribution in [1.29, 1.82) is 0 Å². The molecule has 0 saturated carbocycles. The van der Waals surface area contributed by atoms with Crippen LogP contribution in [0, 0.1) is 0 Å². The van der Waals surface area contributed by atoms with Gasteiger partial charge in [-0.15, -0.1) is 10.2 Å². The van der Waals surface area contributed by atoms with Gasteiger partial charge in [-0.1, -0.05) is 36.4 Å². The van der Waals surface area contributed by atoms with E-state index in [9.17, 15) is 19.8 Å². The molecular formula is C19H12N5O4-. The summed E-state index contributed by atoms with van der Waals surface area (Å²) in [5.74, 6) is -2.19. The number of rotatable bonds is 4. The summed E-state index contributed by atoms with van der Waals surface area (Å²) in [5, 5.41) is 35.6. The van der Waals surface area contributed by atoms with Gasteiger partial charge in [0.2, 0.25) is 5.88 Å². The average Bonchev–Trinajstić information content (AvgIpc) is 3.31. The summed E-state index contributed by atoms with van der Waals surface area (Å²) in [7, 11) is 0. The molecule has 0 spiro atoms. The van der Waals surface area contributed by atoms with E-state index in [4.69, 9.17) is 0 Å². The third kappa shape index (κ3) is 3.12. The van der Waals surface area contributed by atoms with E-state index in [0.717, 1.165) is 0 Å². The molecule has 4 aromatic rings. The zero-order valence-electron chi connectivity index (χ0n) is 14.2. The zero-order valence-corrected chi connectivity index (χ0v) is 14.2. The van der Waals surface area contributed by atoms with Crippen molar-refractivity contribution in [3.63, 3.8) is 0 Å². The molecule has 0 atom stereocenters. The van der Waals surface area contributed by atoms with Gasteiger partial charge in [0, 0.05) is 10.9 Å². The molecule has 0 radical (unpaired) electrons. The smallest absolute Gasteiger partial charge is 0.313 e. The van der Waals surface area contributed by atoms with Gasteiger partial charge in [-0.05, 0) is 23.8 Å². The first-order valence-corrected chi connectivity index (χ1v) is 8.16. The molecule has 0 aliphatic carbocycles. The third-order valence-electron chi connectivity index (χ3n) is 4.10. The molecule has 9 heteroatoms. The summed E-state index contributed by atoms with van der Waals surface area (Å²) in [5.41, 5.74) is 1.77. The minimum Gasteiger partial charge on any atom is -0.545 e. The molecule has 3 N–H and O–H groups in total. The van der Waals surface area contributed by atoms with Gasteiger partial charge < -0.3 is 20.0 Å². The molecular weight excluding hydrogens is 362 g/mol. The topological polar surface area (TPSA) is 147 Å². The first-order valence-electron chi connectivity index (χ1n) is 8.16. The molecule has 0 aliphatic heterocycles. The van der Waals surface area contributed by atoms with Crippen LogP contribution < -0.4 is 5.11 Å². The molecule has 28 heavy (non-hydrogen) atoms. The van der Waals surface area contributed by atoms with Gasteiger partial charge in [0.1, 0.15) is 5.69 Å². The van der Waals surface area contributed by atoms with Crippen molar-refractivity contribution in [2.24, 2.45) is 10.2 Å². The predicted molar refractivity (Wildman–Crippen MR) is 97.2 cm³/mol. The minimum absolute atomic E-state index is 0.00266. The van der Waals surface area contributed by atoms with Crippen LogP contribution in [0.25, 0.3) is 22.2 Å². The summed E-state index contributed by atoms with van der Waals surface area (Å²) in [6, 6.07) is 14.5. The van der Waals surface area contributed by atoms with Crippen molar-refractivity contribution in [3.8, 4) is 17.1 Å². The van der Waals surface area contributed by atoms with Gasteiger partial charge in [-0.3, -0.25) is 9.89 Å².